The number of methoxy groups -OCH3 is 1. The molecule has 216 valence electrons. The fraction of sp³-hybridized carbons (Fsp3) is 0.310. The van der Waals surface area contributed by atoms with E-state index in [1.54, 1.807) is 23.2 Å². The lowest BCUT2D eigenvalue weighted by Gasteiger charge is -2.19. The number of anilines is 3. The molecule has 5 rings (SSSR count). The molecule has 13 nitrogen and oxygen atoms in total. The zero-order chi connectivity index (χ0) is 29.5. The van der Waals surface area contributed by atoms with Crippen LogP contribution in [0.3, 0.4) is 0 Å². The van der Waals surface area contributed by atoms with E-state index in [1.807, 2.05) is 31.2 Å². The predicted molar refractivity (Wildman–Crippen MR) is 158 cm³/mol. The molecule has 2 bridgehead atoms. The van der Waals surface area contributed by atoms with Crippen LogP contribution in [0.25, 0.3) is 17.3 Å². The van der Waals surface area contributed by atoms with Gasteiger partial charge < -0.3 is 20.4 Å². The van der Waals surface area contributed by atoms with Gasteiger partial charge in [0.2, 0.25) is 5.91 Å². The third-order valence-corrected chi connectivity index (χ3v) is 7.01. The first-order chi connectivity index (χ1) is 20.4. The van der Waals surface area contributed by atoms with Gasteiger partial charge in [0.25, 0.3) is 0 Å². The number of amides is 2. The van der Waals surface area contributed by atoms with Crippen molar-refractivity contribution in [1.29, 1.82) is 5.26 Å². The Kier molecular flexibility index (Phi) is 8.62. The number of fused-ring (bicyclic) bond motifs is 4. The van der Waals surface area contributed by atoms with Gasteiger partial charge in [-0.2, -0.15) is 10.8 Å². The molecule has 0 saturated carbocycles. The van der Waals surface area contributed by atoms with Crippen LogP contribution in [0.1, 0.15) is 54.4 Å². The third-order valence-electron chi connectivity index (χ3n) is 7.01. The number of carbonyl (C=O) groups excluding carboxylic acids is 2. The Bertz CT molecular complexity index is 1560. The number of nitrogens with zero attached hydrogens (tertiary/aromatic N) is 5. The highest BCUT2D eigenvalue weighted by atomic mass is 16.5. The largest absolute Gasteiger partial charge is 0.453 e. The molecular formula is C29H32N10O3. The Hall–Kier alpha value is -5.38. The summed E-state index contributed by atoms with van der Waals surface area (Å²) in [6, 6.07) is 13.0. The number of benzene rings is 2. The van der Waals surface area contributed by atoms with Gasteiger partial charge in [0.05, 0.1) is 24.5 Å². The lowest BCUT2D eigenvalue weighted by molar-refractivity contribution is -0.117. The van der Waals surface area contributed by atoms with Crippen LogP contribution in [0.2, 0.25) is 0 Å². The van der Waals surface area contributed by atoms with Crippen molar-refractivity contribution in [3.63, 3.8) is 0 Å². The predicted octanol–water partition coefficient (Wildman–Crippen LogP) is 4.94. The van der Waals surface area contributed by atoms with E-state index in [9.17, 15) is 14.9 Å². The van der Waals surface area contributed by atoms with Crippen LogP contribution in [0.5, 0.6) is 0 Å². The maximum atomic E-state index is 13.2. The standard InChI is InChI=1S/C29H32N10O3/c1-18-7-11-25(39-17-32-37-38-39)19(14-18)8-12-26(40)34-22-6-4-3-5-13-31-23-15-20(33-29(41)42-2)9-10-21(23)27-24(16-30)35-28(22)36-27/h7-12,14-15,22,31H,3-6,13,17H2,1-2H3,(H,32,38)(H,33,41)(H,34,40)(H,35,36)/b12-8+/t22-/m0/s1. The summed E-state index contributed by atoms with van der Waals surface area (Å²) in [5.41, 5.74) is 8.37. The molecule has 0 unspecified atom stereocenters. The summed E-state index contributed by atoms with van der Waals surface area (Å²) in [6.07, 6.45) is 6.03. The Morgan fingerprint density at radius 1 is 1.19 bits per heavy atom. The molecule has 0 radical (unpaired) electrons. The van der Waals surface area contributed by atoms with Crippen molar-refractivity contribution < 1.29 is 14.3 Å². The van der Waals surface area contributed by atoms with E-state index in [1.165, 1.54) is 13.2 Å². The Balaban J connectivity index is 1.41. The number of H-pyrrole nitrogens is 1. The highest BCUT2D eigenvalue weighted by Crippen LogP contribution is 2.34. The summed E-state index contributed by atoms with van der Waals surface area (Å²) in [4.78, 5) is 32.8. The van der Waals surface area contributed by atoms with Gasteiger partial charge in [-0.15, -0.1) is 5.11 Å². The molecule has 0 aliphatic carbocycles. The van der Waals surface area contributed by atoms with Crippen molar-refractivity contribution in [1.82, 2.24) is 20.8 Å². The van der Waals surface area contributed by atoms with Gasteiger partial charge >= 0.3 is 6.09 Å². The third kappa shape index (κ3) is 6.49. The topological polar surface area (TPSA) is 172 Å². The van der Waals surface area contributed by atoms with Crippen LogP contribution in [-0.2, 0) is 9.53 Å². The van der Waals surface area contributed by atoms with Crippen molar-refractivity contribution in [3.8, 4) is 17.3 Å². The maximum absolute atomic E-state index is 13.2. The summed E-state index contributed by atoms with van der Waals surface area (Å²) in [6.45, 7) is 3.06. The minimum atomic E-state index is -0.574. The van der Waals surface area contributed by atoms with Crippen molar-refractivity contribution in [2.75, 3.05) is 36.0 Å². The van der Waals surface area contributed by atoms with E-state index < -0.39 is 12.1 Å². The van der Waals surface area contributed by atoms with Gasteiger partial charge in [0.1, 0.15) is 11.9 Å². The molecule has 2 aliphatic heterocycles. The lowest BCUT2D eigenvalue weighted by Crippen LogP contribution is -2.30. The number of hydrogen-bond acceptors (Lipinski definition) is 10. The summed E-state index contributed by atoms with van der Waals surface area (Å²) in [5.74, 6) is 0.229. The molecular weight excluding hydrogens is 536 g/mol. The Morgan fingerprint density at radius 2 is 2.07 bits per heavy atom. The Labute approximate surface area is 243 Å². The maximum Gasteiger partial charge on any atom is 0.411 e. The highest BCUT2D eigenvalue weighted by Gasteiger charge is 2.23. The van der Waals surface area contributed by atoms with Gasteiger partial charge in [0.15, 0.2) is 12.4 Å². The van der Waals surface area contributed by atoms with Crippen molar-refractivity contribution in [2.24, 2.45) is 10.3 Å². The summed E-state index contributed by atoms with van der Waals surface area (Å²) in [5, 5.41) is 28.7. The Morgan fingerprint density at radius 3 is 2.86 bits per heavy atom. The second-order valence-electron chi connectivity index (χ2n) is 9.98. The number of nitrogens with one attached hydrogen (secondary N) is 5. The van der Waals surface area contributed by atoms with Crippen LogP contribution in [0, 0.1) is 18.3 Å². The zero-order valence-corrected chi connectivity index (χ0v) is 23.4. The van der Waals surface area contributed by atoms with Gasteiger partial charge in [0, 0.05) is 35.1 Å². The fourth-order valence-electron chi connectivity index (χ4n) is 4.92. The molecule has 2 aliphatic rings. The average molecular weight is 569 g/mol. The first-order valence-electron chi connectivity index (χ1n) is 13.7. The fourth-order valence-corrected chi connectivity index (χ4v) is 4.92. The van der Waals surface area contributed by atoms with Gasteiger partial charge in [-0.05, 0) is 56.2 Å². The van der Waals surface area contributed by atoms with E-state index in [0.29, 0.717) is 36.8 Å². The van der Waals surface area contributed by atoms with E-state index in [4.69, 9.17) is 4.74 Å². The van der Waals surface area contributed by atoms with Crippen molar-refractivity contribution in [3.05, 3.63) is 65.1 Å². The van der Waals surface area contributed by atoms with E-state index in [2.05, 4.69) is 47.9 Å². The molecule has 0 saturated heterocycles. The molecule has 0 fully saturated rings. The van der Waals surface area contributed by atoms with Gasteiger partial charge in [-0.1, -0.05) is 29.7 Å². The average Bonchev–Trinajstić information content (AvgIpc) is 3.67. The number of carbonyl (C=O) groups is 2. The molecule has 1 atom stereocenters. The number of aryl methyl sites for hydroxylation is 1. The number of imidazole rings is 1. The van der Waals surface area contributed by atoms with E-state index >= 15 is 0 Å². The number of rotatable bonds is 5. The summed E-state index contributed by atoms with van der Waals surface area (Å²) < 4.78 is 4.71. The van der Waals surface area contributed by atoms with Crippen LogP contribution < -0.4 is 26.5 Å². The number of hydrazine groups is 1. The highest BCUT2D eigenvalue weighted by molar-refractivity contribution is 5.93. The molecule has 5 N–H and O–H groups in total. The second kappa shape index (κ2) is 12.9. The monoisotopic (exact) mass is 568 g/mol. The lowest BCUT2D eigenvalue weighted by atomic mass is 10.0. The normalized spacial score (nSPS) is 16.3. The number of aromatic nitrogens is 2. The van der Waals surface area contributed by atoms with Crippen LogP contribution in [0.15, 0.2) is 52.8 Å². The zero-order valence-electron chi connectivity index (χ0n) is 23.4. The van der Waals surface area contributed by atoms with Crippen molar-refractivity contribution >= 4 is 35.1 Å². The van der Waals surface area contributed by atoms with Gasteiger partial charge in [-0.25, -0.2) is 14.8 Å². The molecule has 3 aromatic rings. The number of hydrogen-bond donors (Lipinski definition) is 5. The van der Waals surface area contributed by atoms with Crippen LogP contribution in [-0.4, -0.2) is 42.3 Å². The molecule has 42 heavy (non-hydrogen) atoms. The molecule has 2 aromatic carbocycles. The molecule has 1 aromatic heterocycles. The quantitative estimate of drug-likeness (QED) is 0.269. The smallest absolute Gasteiger partial charge is 0.411 e. The first kappa shape index (κ1) is 28.2. The molecule has 13 heteroatoms. The van der Waals surface area contributed by atoms with Crippen LogP contribution >= 0.6 is 0 Å². The molecule has 2 amide bonds. The van der Waals surface area contributed by atoms with E-state index in [0.717, 1.165) is 47.3 Å². The first-order valence-corrected chi connectivity index (χ1v) is 13.7. The minimum absolute atomic E-state index is 0.217. The number of ether oxygens (including phenoxy) is 1. The SMILES string of the molecule is COC(=O)Nc1ccc2c(c1)NCCCCC[C@H](NC(=O)/C=C/c1cc(C)ccc1N1CN=NN1)c1nc(C#N)c-2[nH]1. The molecule has 0 spiro atoms. The summed E-state index contributed by atoms with van der Waals surface area (Å²) in [7, 11) is 1.30. The number of aromatic amines is 1. The van der Waals surface area contributed by atoms with Gasteiger partial charge in [-0.3, -0.25) is 10.1 Å². The molecule has 3 heterocycles. The van der Waals surface area contributed by atoms with Crippen LogP contribution in [0.4, 0.5) is 21.9 Å². The second-order valence-corrected chi connectivity index (χ2v) is 9.98. The number of nitriles is 1. The van der Waals surface area contributed by atoms with Crippen molar-refractivity contribution in [2.45, 2.75) is 38.6 Å². The minimum Gasteiger partial charge on any atom is -0.453 e. The summed E-state index contributed by atoms with van der Waals surface area (Å²) >= 11 is 0. The van der Waals surface area contributed by atoms with E-state index in [-0.39, 0.29) is 11.6 Å².